The van der Waals surface area contributed by atoms with E-state index in [4.69, 9.17) is 10.2 Å². The molecule has 1 aromatic rings. The summed E-state index contributed by atoms with van der Waals surface area (Å²) in [5.74, 6) is -2.31. The van der Waals surface area contributed by atoms with Crippen molar-refractivity contribution in [3.05, 3.63) is 30.7 Å². The minimum atomic E-state index is -1.39. The average molecular weight is 190 g/mol. The van der Waals surface area contributed by atoms with Crippen molar-refractivity contribution in [1.82, 2.24) is 0 Å². The maximum atomic E-state index is 10.3. The first kappa shape index (κ1) is 14.9. The molecule has 5 nitrogen and oxygen atoms in total. The second-order valence-corrected chi connectivity index (χ2v) is 1.68. The molecule has 0 spiro atoms. The Morgan fingerprint density at radius 2 is 0.917 bits per heavy atom. The molecule has 56 valence electrons. The third kappa shape index (κ3) is 2.18. The van der Waals surface area contributed by atoms with Crippen LogP contribution in [0, 0.1) is 0 Å². The molecule has 0 aromatic heterocycles. The van der Waals surface area contributed by atoms with E-state index in [1.165, 1.54) is 0 Å². The van der Waals surface area contributed by atoms with Crippen molar-refractivity contribution in [1.29, 1.82) is 0 Å². The van der Waals surface area contributed by atoms with E-state index in [1.807, 2.05) is 0 Å². The van der Waals surface area contributed by atoms with E-state index in [0.29, 0.717) is 0 Å². The van der Waals surface area contributed by atoms with Crippen LogP contribution in [0.3, 0.4) is 0 Å². The summed E-state index contributed by atoms with van der Waals surface area (Å²) in [5, 5.41) is 16.9. The molecule has 0 unspecified atom stereocenters. The monoisotopic (exact) mass is 190 g/mol. The molecule has 0 radical (unpaired) electrons. The van der Waals surface area contributed by atoms with E-state index in [2.05, 4.69) is 0 Å². The minimum absolute atomic E-state index is 0. The normalized spacial score (nSPS) is 8.33. The summed E-state index contributed by atoms with van der Waals surface area (Å²) in [6, 6.07) is 0. The summed E-state index contributed by atoms with van der Waals surface area (Å²) in [7, 11) is 0. The summed E-state index contributed by atoms with van der Waals surface area (Å²) >= 11 is 0. The number of rotatable bonds is 0. The van der Waals surface area contributed by atoms with Gasteiger partial charge in [0.15, 0.2) is 0 Å². The van der Waals surface area contributed by atoms with Crippen LogP contribution in [0.5, 0.6) is 11.5 Å². The molecule has 2 N–H and O–H groups in total. The second kappa shape index (κ2) is 5.16. The molecule has 0 saturated heterocycles. The Balaban J connectivity index is 0. The fourth-order valence-electron chi connectivity index (χ4n) is 0.533. The van der Waals surface area contributed by atoms with E-state index in [1.54, 1.807) is 0 Å². The molecular weight excluding hydrogens is 186 g/mol. The molecular formula is C5H4Na2O5. The molecule has 12 heavy (non-hydrogen) atoms. The molecule has 0 saturated carbocycles. The Kier molecular flexibility index (Phi) is 6.39. The van der Waals surface area contributed by atoms with E-state index in [9.17, 15) is 14.4 Å². The van der Waals surface area contributed by atoms with E-state index in [-0.39, 0.29) is 59.1 Å². The van der Waals surface area contributed by atoms with Gasteiger partial charge >= 0.3 is 59.1 Å². The van der Waals surface area contributed by atoms with Crippen molar-refractivity contribution >= 4 is 59.1 Å². The molecule has 0 aliphatic carbocycles. The van der Waals surface area contributed by atoms with Crippen LogP contribution >= 0.6 is 0 Å². The van der Waals surface area contributed by atoms with Gasteiger partial charge in [-0.05, 0) is 0 Å². The van der Waals surface area contributed by atoms with Gasteiger partial charge in [0, 0.05) is 0 Å². The van der Waals surface area contributed by atoms with Crippen molar-refractivity contribution in [3.63, 3.8) is 0 Å². The molecule has 7 heteroatoms. The van der Waals surface area contributed by atoms with Crippen molar-refractivity contribution in [2.75, 3.05) is 0 Å². The average Bonchev–Trinajstić information content (AvgIpc) is 2.07. The van der Waals surface area contributed by atoms with Crippen LogP contribution in [0.15, 0.2) is 14.4 Å². The fourth-order valence-corrected chi connectivity index (χ4v) is 0.533. The zero-order chi connectivity index (χ0) is 7.89. The number of hydrogen-bond donors (Lipinski definition) is 2. The van der Waals surface area contributed by atoms with Gasteiger partial charge < -0.3 is 10.2 Å². The summed E-state index contributed by atoms with van der Waals surface area (Å²) < 4.78 is 0. The zero-order valence-corrected chi connectivity index (χ0v) is 4.62. The van der Waals surface area contributed by atoms with Gasteiger partial charge in [0.05, 0.1) is 0 Å². The van der Waals surface area contributed by atoms with Gasteiger partial charge in [0.25, 0.3) is 16.3 Å². The van der Waals surface area contributed by atoms with Crippen LogP contribution in [0.1, 0.15) is 0 Å². The number of hydrogen-bond acceptors (Lipinski definition) is 5. The summed E-state index contributed by atoms with van der Waals surface area (Å²) in [5.41, 5.74) is -4.08. The van der Waals surface area contributed by atoms with Crippen molar-refractivity contribution in [2.24, 2.45) is 0 Å². The van der Waals surface area contributed by atoms with Gasteiger partial charge in [0.2, 0.25) is 11.5 Å². The van der Waals surface area contributed by atoms with Crippen LogP contribution < -0.4 is 16.3 Å². The van der Waals surface area contributed by atoms with Gasteiger partial charge in [-0.2, -0.15) is 0 Å². The Bertz CT molecular complexity index is 366. The molecule has 0 aliphatic rings. The third-order valence-electron chi connectivity index (χ3n) is 1.07. The Labute approximate surface area is 110 Å². The zero-order valence-electron chi connectivity index (χ0n) is 4.62. The summed E-state index contributed by atoms with van der Waals surface area (Å²) in [4.78, 5) is 30.8. The molecule has 0 bridgehead atoms. The maximum absolute atomic E-state index is 10.3. The van der Waals surface area contributed by atoms with Gasteiger partial charge in [-0.3, -0.25) is 14.4 Å². The van der Waals surface area contributed by atoms with Crippen LogP contribution in [0.4, 0.5) is 0 Å². The molecule has 0 atom stereocenters. The molecule has 0 amide bonds. The Morgan fingerprint density at radius 1 is 0.667 bits per heavy atom. The molecule has 0 heterocycles. The molecule has 0 fully saturated rings. The topological polar surface area (TPSA) is 91.7 Å². The van der Waals surface area contributed by atoms with E-state index >= 15 is 0 Å². The van der Waals surface area contributed by atoms with Crippen LogP contribution in [-0.4, -0.2) is 69.3 Å². The Hall–Kier alpha value is 0.350. The molecule has 0 aliphatic heterocycles. The first-order valence-electron chi connectivity index (χ1n) is 2.31. The molecule has 1 rings (SSSR count). The van der Waals surface area contributed by atoms with Crippen molar-refractivity contribution in [3.8, 4) is 11.5 Å². The SMILES string of the molecule is O=c1c(O)c(O)c(=O)c1=O.[NaH].[NaH]. The first-order valence-corrected chi connectivity index (χ1v) is 2.31. The van der Waals surface area contributed by atoms with E-state index in [0.717, 1.165) is 0 Å². The standard InChI is InChI=1S/C5H2O5.2Na.2H/c6-1-2(7)4(9)5(10)3(1)8;;;;/h6-7H;;;;. The van der Waals surface area contributed by atoms with Crippen LogP contribution in [0.25, 0.3) is 0 Å². The van der Waals surface area contributed by atoms with Gasteiger partial charge in [-0.15, -0.1) is 0 Å². The van der Waals surface area contributed by atoms with Gasteiger partial charge in [-0.1, -0.05) is 0 Å². The Morgan fingerprint density at radius 3 is 1.00 bits per heavy atom. The predicted molar refractivity (Wildman–Crippen MR) is 45.3 cm³/mol. The van der Waals surface area contributed by atoms with E-state index < -0.39 is 27.8 Å². The van der Waals surface area contributed by atoms with Crippen molar-refractivity contribution in [2.45, 2.75) is 0 Å². The third-order valence-corrected chi connectivity index (χ3v) is 1.07. The molecule has 1 aromatic carbocycles. The quantitative estimate of drug-likeness (QED) is 0.331. The van der Waals surface area contributed by atoms with Crippen LogP contribution in [0.2, 0.25) is 0 Å². The fraction of sp³-hybridized carbons (Fsp3) is 0. The number of aromatic hydroxyl groups is 2. The predicted octanol–water partition coefficient (Wildman–Crippen LogP) is -3.24. The summed E-state index contributed by atoms with van der Waals surface area (Å²) in [6.07, 6.45) is 0. The van der Waals surface area contributed by atoms with Gasteiger partial charge in [-0.25, -0.2) is 0 Å². The summed E-state index contributed by atoms with van der Waals surface area (Å²) in [6.45, 7) is 0. The van der Waals surface area contributed by atoms with Crippen LogP contribution in [-0.2, 0) is 0 Å². The van der Waals surface area contributed by atoms with Gasteiger partial charge in [0.1, 0.15) is 0 Å². The first-order chi connectivity index (χ1) is 4.55. The second-order valence-electron chi connectivity index (χ2n) is 1.68. The van der Waals surface area contributed by atoms with Crippen molar-refractivity contribution < 1.29 is 10.2 Å².